The van der Waals surface area contributed by atoms with Gasteiger partial charge in [-0.3, -0.25) is 4.79 Å². The second-order valence-corrected chi connectivity index (χ2v) is 8.37. The van der Waals surface area contributed by atoms with Gasteiger partial charge >= 0.3 is 0 Å². The van der Waals surface area contributed by atoms with Crippen molar-refractivity contribution in [2.24, 2.45) is 5.73 Å². The van der Waals surface area contributed by atoms with Gasteiger partial charge in [-0.2, -0.15) is 4.31 Å². The van der Waals surface area contributed by atoms with E-state index in [2.05, 4.69) is 0 Å². The Hall–Kier alpha value is -1.44. The summed E-state index contributed by atoms with van der Waals surface area (Å²) in [7, 11) is -3.44. The van der Waals surface area contributed by atoms with Crippen LogP contribution in [0.3, 0.4) is 0 Å². The minimum atomic E-state index is -3.44. The molecule has 3 N–H and O–H groups in total. The summed E-state index contributed by atoms with van der Waals surface area (Å²) in [6, 6.07) is 5.56. The average Bonchev–Trinajstić information content (AvgIpc) is 2.54. The van der Waals surface area contributed by atoms with E-state index in [9.17, 15) is 13.2 Å². The molecule has 6 nitrogen and oxygen atoms in total. The molecule has 0 spiro atoms. The van der Waals surface area contributed by atoms with Gasteiger partial charge in [-0.15, -0.1) is 0 Å². The van der Waals surface area contributed by atoms with E-state index >= 15 is 0 Å². The molecule has 0 saturated carbocycles. The summed E-state index contributed by atoms with van der Waals surface area (Å²) >= 11 is 0. The fourth-order valence-corrected chi connectivity index (χ4v) is 4.98. The Balaban J connectivity index is 1.73. The van der Waals surface area contributed by atoms with Crippen molar-refractivity contribution in [3.8, 4) is 0 Å². The number of nitrogens with one attached hydrogen (secondary N) is 1. The highest BCUT2D eigenvalue weighted by Crippen LogP contribution is 2.25. The smallest absolute Gasteiger partial charge is 0.272 e. The fourth-order valence-electron chi connectivity index (χ4n) is 3.49. The van der Waals surface area contributed by atoms with Gasteiger partial charge in [0.05, 0.1) is 31.1 Å². The summed E-state index contributed by atoms with van der Waals surface area (Å²) in [6.45, 7) is 2.37. The normalized spacial score (nSPS) is 20.2. The largest absolute Gasteiger partial charge is 0.365 e. The summed E-state index contributed by atoms with van der Waals surface area (Å²) in [5.74, 6) is -0.342. The Bertz CT molecular complexity index is 695. The van der Waals surface area contributed by atoms with Gasteiger partial charge in [0.1, 0.15) is 0 Å². The number of carbonyl (C=O) groups excluding carboxylic acids is 1. The van der Waals surface area contributed by atoms with Gasteiger partial charge in [-0.05, 0) is 48.9 Å². The summed E-state index contributed by atoms with van der Waals surface area (Å²) in [6.07, 6.45) is 4.33. The summed E-state index contributed by atoms with van der Waals surface area (Å²) < 4.78 is 27.2. The maximum Gasteiger partial charge on any atom is 0.272 e. The number of amides is 1. The van der Waals surface area contributed by atoms with Gasteiger partial charge in [0.2, 0.25) is 10.0 Å². The number of hydrogen-bond donors (Lipinski definition) is 2. The number of nitrogens with zero attached hydrogens (tertiary/aromatic N) is 1. The van der Waals surface area contributed by atoms with Crippen LogP contribution in [0.5, 0.6) is 0 Å². The number of rotatable bonds is 4. The lowest BCUT2D eigenvalue weighted by Crippen LogP contribution is -3.15. The molecule has 23 heavy (non-hydrogen) atoms. The van der Waals surface area contributed by atoms with Crippen LogP contribution in [-0.2, 0) is 27.7 Å². The first-order chi connectivity index (χ1) is 11.0. The van der Waals surface area contributed by atoms with Gasteiger partial charge in [0, 0.05) is 0 Å². The number of benzene rings is 1. The van der Waals surface area contributed by atoms with Gasteiger partial charge in [-0.1, -0.05) is 6.07 Å². The SMILES string of the molecule is NC(=O)C[NH+]1CCN(S(=O)(=O)c2ccc3c(c2)CCCC3)CC1. The van der Waals surface area contributed by atoms with E-state index < -0.39 is 10.0 Å². The molecule has 1 aliphatic carbocycles. The molecule has 7 heteroatoms. The van der Waals surface area contributed by atoms with E-state index in [4.69, 9.17) is 5.73 Å². The third-order valence-corrected chi connectivity index (χ3v) is 6.71. The van der Waals surface area contributed by atoms with Crippen LogP contribution in [0, 0.1) is 0 Å². The Morgan fingerprint density at radius 1 is 1.13 bits per heavy atom. The lowest BCUT2D eigenvalue weighted by Gasteiger charge is -2.31. The zero-order valence-corrected chi connectivity index (χ0v) is 14.1. The predicted molar refractivity (Wildman–Crippen MR) is 86.6 cm³/mol. The molecular formula is C16H24N3O3S+. The van der Waals surface area contributed by atoms with Gasteiger partial charge in [0.25, 0.3) is 5.91 Å². The molecule has 1 heterocycles. The second kappa shape index (κ2) is 6.59. The summed E-state index contributed by atoms with van der Waals surface area (Å²) in [5.41, 5.74) is 7.67. The van der Waals surface area contributed by atoms with Crippen LogP contribution in [0.1, 0.15) is 24.0 Å². The van der Waals surface area contributed by atoms with Crippen molar-refractivity contribution in [2.45, 2.75) is 30.6 Å². The van der Waals surface area contributed by atoms with Gasteiger partial charge in [-0.25, -0.2) is 8.42 Å². The molecular weight excluding hydrogens is 314 g/mol. The Labute approximate surface area is 137 Å². The number of quaternary nitrogens is 1. The summed E-state index contributed by atoms with van der Waals surface area (Å²) in [5, 5.41) is 0. The molecule has 126 valence electrons. The van der Waals surface area contributed by atoms with Crippen LogP contribution in [0.15, 0.2) is 23.1 Å². The van der Waals surface area contributed by atoms with E-state index in [1.807, 2.05) is 12.1 Å². The van der Waals surface area contributed by atoms with Crippen molar-refractivity contribution in [3.05, 3.63) is 29.3 Å². The highest BCUT2D eigenvalue weighted by Gasteiger charge is 2.31. The van der Waals surface area contributed by atoms with Crippen molar-refractivity contribution < 1.29 is 18.1 Å². The van der Waals surface area contributed by atoms with E-state index in [1.165, 1.54) is 21.9 Å². The quantitative estimate of drug-likeness (QED) is 0.734. The van der Waals surface area contributed by atoms with Crippen LogP contribution in [-0.4, -0.2) is 51.4 Å². The monoisotopic (exact) mass is 338 g/mol. The molecule has 1 aliphatic heterocycles. The number of sulfonamides is 1. The Kier molecular flexibility index (Phi) is 4.70. The number of aryl methyl sites for hydroxylation is 2. The molecule has 0 aromatic heterocycles. The van der Waals surface area contributed by atoms with Crippen LogP contribution < -0.4 is 10.6 Å². The van der Waals surface area contributed by atoms with E-state index in [0.29, 0.717) is 31.1 Å². The van der Waals surface area contributed by atoms with Crippen molar-refractivity contribution in [1.82, 2.24) is 4.31 Å². The minimum absolute atomic E-state index is 0.271. The van der Waals surface area contributed by atoms with Gasteiger partial charge < -0.3 is 10.6 Å². The maximum absolute atomic E-state index is 12.8. The number of piperazine rings is 1. The molecule has 0 atom stereocenters. The predicted octanol–water partition coefficient (Wildman–Crippen LogP) is -1.06. The Morgan fingerprint density at radius 2 is 1.78 bits per heavy atom. The van der Waals surface area contributed by atoms with E-state index in [1.54, 1.807) is 6.07 Å². The van der Waals surface area contributed by atoms with Crippen molar-refractivity contribution in [1.29, 1.82) is 0 Å². The van der Waals surface area contributed by atoms with Crippen molar-refractivity contribution >= 4 is 15.9 Å². The lowest BCUT2D eigenvalue weighted by atomic mass is 9.92. The number of carbonyl (C=O) groups is 1. The van der Waals surface area contributed by atoms with Crippen LogP contribution in [0.25, 0.3) is 0 Å². The molecule has 0 bridgehead atoms. The molecule has 0 unspecified atom stereocenters. The lowest BCUT2D eigenvalue weighted by molar-refractivity contribution is -0.895. The third-order valence-electron chi connectivity index (χ3n) is 4.81. The van der Waals surface area contributed by atoms with Crippen molar-refractivity contribution in [3.63, 3.8) is 0 Å². The molecule has 1 amide bonds. The van der Waals surface area contributed by atoms with Crippen molar-refractivity contribution in [2.75, 3.05) is 32.7 Å². The van der Waals surface area contributed by atoms with E-state index in [-0.39, 0.29) is 12.5 Å². The molecule has 3 rings (SSSR count). The number of hydrogen-bond acceptors (Lipinski definition) is 3. The first kappa shape index (κ1) is 16.4. The topological polar surface area (TPSA) is 84.9 Å². The van der Waals surface area contributed by atoms with Crippen LogP contribution >= 0.6 is 0 Å². The zero-order chi connectivity index (χ0) is 16.4. The second-order valence-electron chi connectivity index (χ2n) is 6.43. The average molecular weight is 338 g/mol. The first-order valence-corrected chi connectivity index (χ1v) is 9.64. The Morgan fingerprint density at radius 3 is 2.43 bits per heavy atom. The summed E-state index contributed by atoms with van der Waals surface area (Å²) in [4.78, 5) is 12.4. The first-order valence-electron chi connectivity index (χ1n) is 8.20. The highest BCUT2D eigenvalue weighted by atomic mass is 32.2. The molecule has 1 aromatic rings. The zero-order valence-electron chi connectivity index (χ0n) is 13.3. The van der Waals surface area contributed by atoms with Crippen LogP contribution in [0.2, 0.25) is 0 Å². The fraction of sp³-hybridized carbons (Fsp3) is 0.562. The molecule has 1 fully saturated rings. The molecule has 1 saturated heterocycles. The maximum atomic E-state index is 12.8. The highest BCUT2D eigenvalue weighted by molar-refractivity contribution is 7.89. The minimum Gasteiger partial charge on any atom is -0.365 e. The van der Waals surface area contributed by atoms with Crippen LogP contribution in [0.4, 0.5) is 0 Å². The molecule has 2 aliphatic rings. The number of nitrogens with two attached hydrogens (primary N) is 1. The molecule has 0 radical (unpaired) electrons. The number of primary amides is 1. The number of fused-ring (bicyclic) bond motifs is 1. The standard InChI is InChI=1S/C16H23N3O3S/c17-16(20)12-18-7-9-19(10-8-18)23(21,22)15-6-5-13-3-1-2-4-14(13)11-15/h5-6,11H,1-4,7-10,12H2,(H2,17,20)/p+1. The molecule has 1 aromatic carbocycles. The van der Waals surface area contributed by atoms with Gasteiger partial charge in [0.15, 0.2) is 6.54 Å². The third kappa shape index (κ3) is 3.57. The van der Waals surface area contributed by atoms with E-state index in [0.717, 1.165) is 24.2 Å².